The molecule has 1 amide bonds. The van der Waals surface area contributed by atoms with Crippen molar-refractivity contribution in [1.82, 2.24) is 19.7 Å². The third-order valence-corrected chi connectivity index (χ3v) is 6.19. The lowest BCUT2D eigenvalue weighted by Crippen LogP contribution is -2.35. The molecule has 2 aromatic heterocycles. The molecular formula is C24H28ClN5O. The summed E-state index contributed by atoms with van der Waals surface area (Å²) in [5.41, 5.74) is 4.78. The number of amides is 1. The molecule has 0 spiro atoms. The molecule has 0 atom stereocenters. The SMILES string of the molecule is Cc1nn(-c2ccccc2)c(C)c1CN(C)c1ncc(C(=O)N2CCCCC2)cc1Cl. The maximum absolute atomic E-state index is 12.8. The molecule has 4 rings (SSSR count). The van der Waals surface area contributed by atoms with Gasteiger partial charge >= 0.3 is 0 Å². The first-order valence-electron chi connectivity index (χ1n) is 10.7. The van der Waals surface area contributed by atoms with Crippen LogP contribution in [0.4, 0.5) is 5.82 Å². The lowest BCUT2D eigenvalue weighted by molar-refractivity contribution is 0.0724. The Labute approximate surface area is 188 Å². The quantitative estimate of drug-likeness (QED) is 0.575. The van der Waals surface area contributed by atoms with Gasteiger partial charge in [0.15, 0.2) is 0 Å². The number of aryl methyl sites for hydroxylation is 1. The van der Waals surface area contributed by atoms with Crippen molar-refractivity contribution in [2.75, 3.05) is 25.0 Å². The molecule has 1 saturated heterocycles. The molecule has 6 nitrogen and oxygen atoms in total. The summed E-state index contributed by atoms with van der Waals surface area (Å²) in [7, 11) is 1.96. The Morgan fingerprint density at radius 3 is 2.52 bits per heavy atom. The smallest absolute Gasteiger partial charge is 0.255 e. The van der Waals surface area contributed by atoms with Crippen LogP contribution in [0.2, 0.25) is 5.02 Å². The fourth-order valence-corrected chi connectivity index (χ4v) is 4.46. The van der Waals surface area contributed by atoms with Crippen LogP contribution in [-0.4, -0.2) is 45.7 Å². The number of aromatic nitrogens is 3. The average Bonchev–Trinajstić information content (AvgIpc) is 3.08. The predicted octanol–water partition coefficient (Wildman–Crippen LogP) is 4.80. The zero-order chi connectivity index (χ0) is 22.0. The zero-order valence-corrected chi connectivity index (χ0v) is 19.1. The van der Waals surface area contributed by atoms with Gasteiger partial charge in [0, 0.05) is 44.1 Å². The van der Waals surface area contributed by atoms with Crippen molar-refractivity contribution in [3.63, 3.8) is 0 Å². The van der Waals surface area contributed by atoms with E-state index >= 15 is 0 Å². The molecule has 0 saturated carbocycles. The molecule has 0 N–H and O–H groups in total. The van der Waals surface area contributed by atoms with Crippen LogP contribution in [0.15, 0.2) is 42.6 Å². The van der Waals surface area contributed by atoms with Crippen LogP contribution in [0.3, 0.4) is 0 Å². The Bertz CT molecular complexity index is 1070. The fourth-order valence-electron chi connectivity index (χ4n) is 4.14. The maximum Gasteiger partial charge on any atom is 0.255 e. The molecule has 1 fully saturated rings. The second kappa shape index (κ2) is 9.10. The van der Waals surface area contributed by atoms with E-state index < -0.39 is 0 Å². The van der Waals surface area contributed by atoms with E-state index in [1.54, 1.807) is 12.3 Å². The van der Waals surface area contributed by atoms with Gasteiger partial charge in [0.05, 0.1) is 22.0 Å². The third-order valence-electron chi connectivity index (χ3n) is 5.91. The molecule has 3 heterocycles. The number of hydrogen-bond donors (Lipinski definition) is 0. The topological polar surface area (TPSA) is 54.3 Å². The van der Waals surface area contributed by atoms with Crippen molar-refractivity contribution >= 4 is 23.3 Å². The fraction of sp³-hybridized carbons (Fsp3) is 0.375. The van der Waals surface area contributed by atoms with Gasteiger partial charge in [-0.25, -0.2) is 9.67 Å². The van der Waals surface area contributed by atoms with Crippen molar-refractivity contribution in [2.45, 2.75) is 39.7 Å². The van der Waals surface area contributed by atoms with E-state index in [2.05, 4.69) is 11.9 Å². The highest BCUT2D eigenvalue weighted by Crippen LogP contribution is 2.27. The summed E-state index contributed by atoms with van der Waals surface area (Å²) >= 11 is 6.56. The van der Waals surface area contributed by atoms with E-state index in [4.69, 9.17) is 16.7 Å². The van der Waals surface area contributed by atoms with Crippen molar-refractivity contribution in [3.8, 4) is 5.69 Å². The van der Waals surface area contributed by atoms with Gasteiger partial charge in [-0.15, -0.1) is 0 Å². The molecule has 0 aliphatic carbocycles. The van der Waals surface area contributed by atoms with E-state index in [0.717, 1.165) is 48.6 Å². The number of nitrogens with zero attached hydrogens (tertiary/aromatic N) is 5. The molecule has 1 aliphatic heterocycles. The summed E-state index contributed by atoms with van der Waals surface area (Å²) < 4.78 is 1.97. The van der Waals surface area contributed by atoms with Gasteiger partial charge in [-0.3, -0.25) is 4.79 Å². The maximum atomic E-state index is 12.8. The Kier molecular flexibility index (Phi) is 6.28. The summed E-state index contributed by atoms with van der Waals surface area (Å²) in [4.78, 5) is 21.2. The summed E-state index contributed by atoms with van der Waals surface area (Å²) in [6.07, 6.45) is 4.94. The second-order valence-corrected chi connectivity index (χ2v) is 8.54. The number of hydrogen-bond acceptors (Lipinski definition) is 4. The number of benzene rings is 1. The minimum Gasteiger partial charge on any atom is -0.354 e. The van der Waals surface area contributed by atoms with Crippen molar-refractivity contribution in [1.29, 1.82) is 0 Å². The highest BCUT2D eigenvalue weighted by Gasteiger charge is 2.21. The van der Waals surface area contributed by atoms with E-state index in [9.17, 15) is 4.79 Å². The van der Waals surface area contributed by atoms with Crippen LogP contribution in [-0.2, 0) is 6.54 Å². The molecule has 1 aromatic carbocycles. The Balaban J connectivity index is 1.53. The average molecular weight is 438 g/mol. The molecule has 31 heavy (non-hydrogen) atoms. The van der Waals surface area contributed by atoms with Crippen molar-refractivity contribution in [2.24, 2.45) is 0 Å². The Hall–Kier alpha value is -2.86. The van der Waals surface area contributed by atoms with Gasteiger partial charge in [0.25, 0.3) is 5.91 Å². The molecule has 0 bridgehead atoms. The molecule has 0 radical (unpaired) electrons. The summed E-state index contributed by atoms with van der Waals surface area (Å²) in [6, 6.07) is 11.8. The van der Waals surface area contributed by atoms with Crippen molar-refractivity contribution < 1.29 is 4.79 Å². The molecule has 162 valence electrons. The van der Waals surface area contributed by atoms with Gasteiger partial charge < -0.3 is 9.80 Å². The number of rotatable bonds is 5. The first-order valence-corrected chi connectivity index (χ1v) is 11.1. The number of anilines is 1. The largest absolute Gasteiger partial charge is 0.354 e. The zero-order valence-electron chi connectivity index (χ0n) is 18.3. The number of halogens is 1. The number of carbonyl (C=O) groups excluding carboxylic acids is 1. The van der Waals surface area contributed by atoms with E-state index in [-0.39, 0.29) is 5.91 Å². The normalized spacial score (nSPS) is 14.0. The predicted molar refractivity (Wildman–Crippen MR) is 124 cm³/mol. The van der Waals surface area contributed by atoms with Crippen LogP contribution >= 0.6 is 11.6 Å². The molecule has 1 aliphatic rings. The Morgan fingerprint density at radius 2 is 1.84 bits per heavy atom. The molecule has 0 unspecified atom stereocenters. The van der Waals surface area contributed by atoms with Gasteiger partial charge in [0.2, 0.25) is 0 Å². The minimum atomic E-state index is 0.0131. The monoisotopic (exact) mass is 437 g/mol. The summed E-state index contributed by atoms with van der Waals surface area (Å²) in [6.45, 7) is 6.33. The molecular weight excluding hydrogens is 410 g/mol. The van der Waals surface area contributed by atoms with E-state index in [1.807, 2.05) is 58.8 Å². The standard InChI is InChI=1S/C24H28ClN5O/c1-17-21(18(2)30(27-17)20-10-6-4-7-11-20)16-28(3)23-22(25)14-19(15-26-23)24(31)29-12-8-5-9-13-29/h4,6-7,10-11,14-15H,5,8-9,12-13,16H2,1-3H3. The highest BCUT2D eigenvalue weighted by molar-refractivity contribution is 6.33. The lowest BCUT2D eigenvalue weighted by Gasteiger charge is -2.27. The van der Waals surface area contributed by atoms with Crippen LogP contribution < -0.4 is 4.90 Å². The van der Waals surface area contributed by atoms with E-state index in [0.29, 0.717) is 22.9 Å². The minimum absolute atomic E-state index is 0.0131. The summed E-state index contributed by atoms with van der Waals surface area (Å²) in [5, 5.41) is 5.21. The molecule has 7 heteroatoms. The second-order valence-electron chi connectivity index (χ2n) is 8.14. The van der Waals surface area contributed by atoms with Crippen molar-refractivity contribution in [3.05, 3.63) is 70.1 Å². The number of likely N-dealkylation sites (tertiary alicyclic amines) is 1. The number of pyridine rings is 1. The van der Waals surface area contributed by atoms with E-state index in [1.165, 1.54) is 6.42 Å². The third kappa shape index (κ3) is 4.44. The summed E-state index contributed by atoms with van der Waals surface area (Å²) in [5.74, 6) is 0.669. The van der Waals surface area contributed by atoms with Gasteiger partial charge in [-0.1, -0.05) is 29.8 Å². The van der Waals surface area contributed by atoms with Gasteiger partial charge in [-0.05, 0) is 51.3 Å². The number of carbonyl (C=O) groups is 1. The number of piperidine rings is 1. The molecule has 3 aromatic rings. The van der Waals surface area contributed by atoms with Crippen LogP contribution in [0.25, 0.3) is 5.69 Å². The van der Waals surface area contributed by atoms with Crippen LogP contribution in [0.5, 0.6) is 0 Å². The lowest BCUT2D eigenvalue weighted by atomic mass is 10.1. The highest BCUT2D eigenvalue weighted by atomic mass is 35.5. The van der Waals surface area contributed by atoms with Gasteiger partial charge in [0.1, 0.15) is 5.82 Å². The van der Waals surface area contributed by atoms with Gasteiger partial charge in [-0.2, -0.15) is 5.10 Å². The Morgan fingerprint density at radius 1 is 1.13 bits per heavy atom. The van der Waals surface area contributed by atoms with Crippen LogP contribution in [0.1, 0.15) is 46.6 Å². The van der Waals surface area contributed by atoms with Crippen LogP contribution in [0, 0.1) is 13.8 Å². The first-order chi connectivity index (χ1) is 15.0. The number of para-hydroxylation sites is 1. The first kappa shape index (κ1) is 21.4.